The van der Waals surface area contributed by atoms with Crippen LogP contribution in [0.2, 0.25) is 0 Å². The number of benzene rings is 1. The zero-order valence-electron chi connectivity index (χ0n) is 13.5. The number of fused-ring (bicyclic) bond motifs is 1. The fourth-order valence-corrected chi connectivity index (χ4v) is 3.36. The van der Waals surface area contributed by atoms with Crippen LogP contribution in [0.4, 0.5) is 11.4 Å². The lowest BCUT2D eigenvalue weighted by molar-refractivity contribution is -0.122. The van der Waals surface area contributed by atoms with Crippen molar-refractivity contribution in [2.45, 2.75) is 25.7 Å². The van der Waals surface area contributed by atoms with Crippen molar-refractivity contribution < 1.29 is 9.53 Å². The summed E-state index contributed by atoms with van der Waals surface area (Å²) < 4.78 is 5.36. The van der Waals surface area contributed by atoms with Crippen molar-refractivity contribution in [1.82, 2.24) is 4.90 Å². The Balaban J connectivity index is 1.68. The third-order valence-electron chi connectivity index (χ3n) is 4.73. The quantitative estimate of drug-likeness (QED) is 0.859. The van der Waals surface area contributed by atoms with E-state index in [0.717, 1.165) is 57.1 Å². The molecule has 2 aliphatic heterocycles. The fourth-order valence-electron chi connectivity index (χ4n) is 3.36. The minimum atomic E-state index is -0.456. The number of nitrogens with zero attached hydrogens (tertiary/aromatic N) is 2. The van der Waals surface area contributed by atoms with Gasteiger partial charge in [-0.2, -0.15) is 0 Å². The van der Waals surface area contributed by atoms with Gasteiger partial charge in [-0.1, -0.05) is 6.07 Å². The number of nitrogen functional groups attached to an aromatic ring is 1. The summed E-state index contributed by atoms with van der Waals surface area (Å²) in [5.74, 6) is 0.176. The molecule has 1 aromatic carbocycles. The van der Waals surface area contributed by atoms with Crippen molar-refractivity contribution in [1.29, 1.82) is 0 Å². The van der Waals surface area contributed by atoms with Crippen LogP contribution in [0.5, 0.6) is 0 Å². The van der Waals surface area contributed by atoms with Gasteiger partial charge in [0, 0.05) is 37.6 Å². The van der Waals surface area contributed by atoms with Crippen LogP contribution in [-0.4, -0.2) is 50.2 Å². The summed E-state index contributed by atoms with van der Waals surface area (Å²) in [6, 6.07) is 5.80. The van der Waals surface area contributed by atoms with E-state index in [2.05, 4.69) is 4.90 Å². The average Bonchev–Trinajstić information content (AvgIpc) is 2.69. The lowest BCUT2D eigenvalue weighted by Crippen LogP contribution is -2.40. The summed E-state index contributed by atoms with van der Waals surface area (Å²) in [5.41, 5.74) is 8.23. The molecule has 22 heavy (non-hydrogen) atoms. The molecule has 2 heterocycles. The van der Waals surface area contributed by atoms with E-state index >= 15 is 0 Å². The second kappa shape index (κ2) is 5.89. The Morgan fingerprint density at radius 3 is 2.68 bits per heavy atom. The van der Waals surface area contributed by atoms with Gasteiger partial charge in [0.25, 0.3) is 0 Å². The minimum Gasteiger partial charge on any atom is -0.399 e. The van der Waals surface area contributed by atoms with Gasteiger partial charge >= 0.3 is 0 Å². The molecule has 0 aromatic heterocycles. The molecule has 0 aliphatic carbocycles. The predicted molar refractivity (Wildman–Crippen MR) is 88.1 cm³/mol. The molecular formula is C17H25N3O2. The largest absolute Gasteiger partial charge is 0.399 e. The van der Waals surface area contributed by atoms with Crippen LogP contribution < -0.4 is 10.6 Å². The highest BCUT2D eigenvalue weighted by atomic mass is 16.5. The van der Waals surface area contributed by atoms with Gasteiger partial charge in [0.1, 0.15) is 0 Å². The Labute approximate surface area is 132 Å². The Morgan fingerprint density at radius 1 is 1.23 bits per heavy atom. The summed E-state index contributed by atoms with van der Waals surface area (Å²) in [6.45, 7) is 9.34. The molecule has 0 spiro atoms. The van der Waals surface area contributed by atoms with Crippen LogP contribution in [0.1, 0.15) is 25.8 Å². The van der Waals surface area contributed by atoms with Crippen molar-refractivity contribution in [2.75, 3.05) is 50.0 Å². The zero-order chi connectivity index (χ0) is 15.7. The summed E-state index contributed by atoms with van der Waals surface area (Å²) >= 11 is 0. The van der Waals surface area contributed by atoms with Crippen molar-refractivity contribution in [2.24, 2.45) is 0 Å². The first-order valence-electron chi connectivity index (χ1n) is 8.02. The monoisotopic (exact) mass is 303 g/mol. The van der Waals surface area contributed by atoms with Crippen molar-refractivity contribution in [3.05, 3.63) is 23.8 Å². The van der Waals surface area contributed by atoms with Gasteiger partial charge in [-0.3, -0.25) is 9.69 Å². The molecule has 3 rings (SSSR count). The number of carbonyl (C=O) groups excluding carboxylic acids is 1. The molecule has 120 valence electrons. The normalized spacial score (nSPS) is 21.2. The SMILES string of the molecule is CC1(C)C(=O)N(CCCN2CCOCC2)c2cc(N)ccc21. The van der Waals surface area contributed by atoms with Gasteiger partial charge in [-0.15, -0.1) is 0 Å². The first-order chi connectivity index (χ1) is 10.5. The third-order valence-corrected chi connectivity index (χ3v) is 4.73. The Morgan fingerprint density at radius 2 is 1.95 bits per heavy atom. The summed E-state index contributed by atoms with van der Waals surface area (Å²) in [6.07, 6.45) is 0.968. The lowest BCUT2D eigenvalue weighted by atomic mass is 9.86. The van der Waals surface area contributed by atoms with Gasteiger partial charge in [0.2, 0.25) is 5.91 Å². The molecule has 1 fully saturated rings. The third kappa shape index (κ3) is 2.71. The van der Waals surface area contributed by atoms with Crippen molar-refractivity contribution >= 4 is 17.3 Å². The fraction of sp³-hybridized carbons (Fsp3) is 0.588. The van der Waals surface area contributed by atoms with Crippen LogP contribution in [-0.2, 0) is 14.9 Å². The number of amides is 1. The molecule has 2 N–H and O–H groups in total. The van der Waals surface area contributed by atoms with Crippen LogP contribution >= 0.6 is 0 Å². The molecule has 1 amide bonds. The van der Waals surface area contributed by atoms with Gasteiger partial charge in [0.15, 0.2) is 0 Å². The number of anilines is 2. The van der Waals surface area contributed by atoms with E-state index in [-0.39, 0.29) is 5.91 Å². The van der Waals surface area contributed by atoms with Gasteiger partial charge < -0.3 is 15.4 Å². The molecule has 0 bridgehead atoms. The highest BCUT2D eigenvalue weighted by Gasteiger charge is 2.43. The van der Waals surface area contributed by atoms with E-state index in [4.69, 9.17) is 10.5 Å². The molecule has 2 aliphatic rings. The Bertz CT molecular complexity index is 565. The molecule has 5 heteroatoms. The van der Waals surface area contributed by atoms with Crippen molar-refractivity contribution in [3.8, 4) is 0 Å². The van der Waals surface area contributed by atoms with Gasteiger partial charge in [0.05, 0.1) is 18.6 Å². The summed E-state index contributed by atoms with van der Waals surface area (Å²) in [5, 5.41) is 0. The van der Waals surface area contributed by atoms with Crippen LogP contribution in [0.3, 0.4) is 0 Å². The smallest absolute Gasteiger partial charge is 0.237 e. The van der Waals surface area contributed by atoms with E-state index in [1.54, 1.807) is 0 Å². The van der Waals surface area contributed by atoms with E-state index < -0.39 is 5.41 Å². The van der Waals surface area contributed by atoms with Gasteiger partial charge in [-0.05, 0) is 38.0 Å². The summed E-state index contributed by atoms with van der Waals surface area (Å²) in [7, 11) is 0. The zero-order valence-corrected chi connectivity index (χ0v) is 13.5. The molecule has 0 unspecified atom stereocenters. The minimum absolute atomic E-state index is 0.176. The number of morpholine rings is 1. The number of nitrogens with two attached hydrogens (primary N) is 1. The molecule has 1 aromatic rings. The first-order valence-corrected chi connectivity index (χ1v) is 8.02. The number of hydrogen-bond donors (Lipinski definition) is 1. The number of rotatable bonds is 4. The van der Waals surface area contributed by atoms with Crippen LogP contribution in [0.25, 0.3) is 0 Å². The number of hydrogen-bond acceptors (Lipinski definition) is 4. The van der Waals surface area contributed by atoms with Crippen LogP contribution in [0, 0.1) is 0 Å². The molecule has 5 nitrogen and oxygen atoms in total. The number of ether oxygens (including phenoxy) is 1. The molecular weight excluding hydrogens is 278 g/mol. The lowest BCUT2D eigenvalue weighted by Gasteiger charge is -2.27. The Kier molecular flexibility index (Phi) is 4.10. The predicted octanol–water partition coefficient (Wildman–Crippen LogP) is 1.62. The molecule has 0 radical (unpaired) electrons. The second-order valence-electron chi connectivity index (χ2n) is 6.67. The molecule has 1 saturated heterocycles. The van der Waals surface area contributed by atoms with Crippen molar-refractivity contribution in [3.63, 3.8) is 0 Å². The number of carbonyl (C=O) groups is 1. The summed E-state index contributed by atoms with van der Waals surface area (Å²) in [4.78, 5) is 17.0. The maximum Gasteiger partial charge on any atom is 0.237 e. The van der Waals surface area contributed by atoms with E-state index in [9.17, 15) is 4.79 Å². The maximum atomic E-state index is 12.7. The van der Waals surface area contributed by atoms with Crippen LogP contribution in [0.15, 0.2) is 18.2 Å². The van der Waals surface area contributed by atoms with E-state index in [0.29, 0.717) is 5.69 Å². The highest BCUT2D eigenvalue weighted by Crippen LogP contribution is 2.42. The Hall–Kier alpha value is -1.59. The van der Waals surface area contributed by atoms with Gasteiger partial charge in [-0.25, -0.2) is 0 Å². The van der Waals surface area contributed by atoms with E-state index in [1.807, 2.05) is 36.9 Å². The molecule has 0 saturated carbocycles. The highest BCUT2D eigenvalue weighted by molar-refractivity contribution is 6.07. The topological polar surface area (TPSA) is 58.8 Å². The standard InChI is InChI=1S/C17H25N3O2/c1-17(2)14-5-4-13(18)12-15(14)20(16(17)21)7-3-6-19-8-10-22-11-9-19/h4-5,12H,3,6-11,18H2,1-2H3. The first kappa shape index (κ1) is 15.3. The molecule has 0 atom stereocenters. The second-order valence-corrected chi connectivity index (χ2v) is 6.67. The average molecular weight is 303 g/mol. The maximum absolute atomic E-state index is 12.7. The van der Waals surface area contributed by atoms with E-state index in [1.165, 1.54) is 0 Å².